The van der Waals surface area contributed by atoms with E-state index < -0.39 is 15.7 Å². The summed E-state index contributed by atoms with van der Waals surface area (Å²) in [5.41, 5.74) is 0. The lowest BCUT2D eigenvalue weighted by atomic mass is 10.4. The molecule has 0 atom stereocenters. The molecule has 0 aliphatic carbocycles. The third-order valence-electron chi connectivity index (χ3n) is 2.13. The van der Waals surface area contributed by atoms with Gasteiger partial charge in [0.05, 0.1) is 9.79 Å². The zero-order valence-electron chi connectivity index (χ0n) is 8.47. The zero-order valence-corrected chi connectivity index (χ0v) is 10.9. The molecule has 2 aromatic rings. The summed E-state index contributed by atoms with van der Waals surface area (Å²) in [4.78, 5) is 4.02. The van der Waals surface area contributed by atoms with Gasteiger partial charge in [-0.2, -0.15) is 0 Å². The Balaban J connectivity index is 2.54. The van der Waals surface area contributed by atoms with Crippen molar-refractivity contribution in [3.05, 3.63) is 53.0 Å². The molecule has 0 fully saturated rings. The maximum absolute atomic E-state index is 12.7. The SMILES string of the molecule is O=S(=O)(c1ccc(F)cc1)c1ccnc(Br)c1. The van der Waals surface area contributed by atoms with Gasteiger partial charge in [0.2, 0.25) is 9.84 Å². The van der Waals surface area contributed by atoms with Gasteiger partial charge in [-0.15, -0.1) is 0 Å². The Bertz CT molecular complexity index is 641. The van der Waals surface area contributed by atoms with E-state index in [-0.39, 0.29) is 9.79 Å². The monoisotopic (exact) mass is 315 g/mol. The van der Waals surface area contributed by atoms with Gasteiger partial charge < -0.3 is 0 Å². The Morgan fingerprint density at radius 3 is 2.29 bits per heavy atom. The van der Waals surface area contributed by atoms with E-state index in [1.807, 2.05) is 0 Å². The molecule has 0 amide bonds. The highest BCUT2D eigenvalue weighted by atomic mass is 79.9. The van der Waals surface area contributed by atoms with Crippen molar-refractivity contribution in [2.45, 2.75) is 9.79 Å². The molecule has 0 N–H and O–H groups in total. The quantitative estimate of drug-likeness (QED) is 0.632. The first-order valence-electron chi connectivity index (χ1n) is 4.62. The number of sulfone groups is 1. The molecule has 2 rings (SSSR count). The first-order chi connectivity index (χ1) is 8.00. The predicted octanol–water partition coefficient (Wildman–Crippen LogP) is 2.82. The highest BCUT2D eigenvalue weighted by molar-refractivity contribution is 9.10. The Labute approximate surface area is 106 Å². The minimum absolute atomic E-state index is 0.0528. The fourth-order valence-electron chi connectivity index (χ4n) is 1.30. The Morgan fingerprint density at radius 1 is 1.06 bits per heavy atom. The number of hydrogen-bond donors (Lipinski definition) is 0. The number of pyridine rings is 1. The van der Waals surface area contributed by atoms with Gasteiger partial charge in [-0.1, -0.05) is 0 Å². The van der Waals surface area contributed by atoms with Crippen LogP contribution in [0.4, 0.5) is 4.39 Å². The second-order valence-electron chi connectivity index (χ2n) is 3.27. The van der Waals surface area contributed by atoms with Crippen LogP contribution >= 0.6 is 15.9 Å². The van der Waals surface area contributed by atoms with Crippen LogP contribution in [0, 0.1) is 5.82 Å². The molecule has 0 aliphatic heterocycles. The lowest BCUT2D eigenvalue weighted by Crippen LogP contribution is -2.02. The molecule has 0 aliphatic rings. The van der Waals surface area contributed by atoms with Crippen molar-refractivity contribution >= 4 is 25.8 Å². The van der Waals surface area contributed by atoms with E-state index in [4.69, 9.17) is 0 Å². The molecule has 88 valence electrons. The Morgan fingerprint density at radius 2 is 1.71 bits per heavy atom. The average molecular weight is 316 g/mol. The Hall–Kier alpha value is -1.27. The molecule has 0 radical (unpaired) electrons. The van der Waals surface area contributed by atoms with Crippen LogP contribution in [0.2, 0.25) is 0 Å². The van der Waals surface area contributed by atoms with Gasteiger partial charge in [-0.3, -0.25) is 0 Å². The van der Waals surface area contributed by atoms with Gasteiger partial charge in [0, 0.05) is 6.20 Å². The van der Waals surface area contributed by atoms with Crippen molar-refractivity contribution in [1.82, 2.24) is 4.98 Å². The zero-order chi connectivity index (χ0) is 12.5. The van der Waals surface area contributed by atoms with Crippen molar-refractivity contribution in [2.75, 3.05) is 0 Å². The lowest BCUT2D eigenvalue weighted by molar-refractivity contribution is 0.594. The number of rotatable bonds is 2. The molecule has 1 aromatic carbocycles. The maximum atomic E-state index is 12.7. The number of hydrogen-bond acceptors (Lipinski definition) is 3. The van der Waals surface area contributed by atoms with Crippen molar-refractivity contribution in [2.24, 2.45) is 0 Å². The second kappa shape index (κ2) is 4.54. The minimum Gasteiger partial charge on any atom is -0.249 e. The van der Waals surface area contributed by atoms with Crippen LogP contribution in [0.5, 0.6) is 0 Å². The number of benzene rings is 1. The van der Waals surface area contributed by atoms with Crippen LogP contribution < -0.4 is 0 Å². The highest BCUT2D eigenvalue weighted by Gasteiger charge is 2.17. The molecule has 6 heteroatoms. The predicted molar refractivity (Wildman–Crippen MR) is 63.8 cm³/mol. The third-order valence-corrected chi connectivity index (χ3v) is 4.33. The average Bonchev–Trinajstić information content (AvgIpc) is 2.29. The number of halogens is 2. The molecular weight excluding hydrogens is 309 g/mol. The van der Waals surface area contributed by atoms with E-state index in [1.165, 1.54) is 30.5 Å². The summed E-state index contributed by atoms with van der Waals surface area (Å²) in [7, 11) is -3.61. The minimum atomic E-state index is -3.61. The van der Waals surface area contributed by atoms with Gasteiger partial charge in [0.1, 0.15) is 10.4 Å². The van der Waals surface area contributed by atoms with Crippen LogP contribution in [0.1, 0.15) is 0 Å². The molecular formula is C11H7BrFNO2S. The van der Waals surface area contributed by atoms with Gasteiger partial charge in [-0.05, 0) is 52.3 Å². The topological polar surface area (TPSA) is 47.0 Å². The number of aromatic nitrogens is 1. The van der Waals surface area contributed by atoms with Gasteiger partial charge in [-0.25, -0.2) is 17.8 Å². The van der Waals surface area contributed by atoms with Crippen molar-refractivity contribution in [1.29, 1.82) is 0 Å². The largest absolute Gasteiger partial charge is 0.249 e. The van der Waals surface area contributed by atoms with Crippen molar-refractivity contribution < 1.29 is 12.8 Å². The van der Waals surface area contributed by atoms with E-state index in [0.29, 0.717) is 4.60 Å². The number of nitrogens with zero attached hydrogens (tertiary/aromatic N) is 1. The van der Waals surface area contributed by atoms with Crippen LogP contribution in [0.25, 0.3) is 0 Å². The summed E-state index contributed by atoms with van der Waals surface area (Å²) < 4.78 is 37.4. The molecule has 0 saturated carbocycles. The maximum Gasteiger partial charge on any atom is 0.206 e. The van der Waals surface area contributed by atoms with Crippen LogP contribution in [-0.2, 0) is 9.84 Å². The molecule has 0 bridgehead atoms. The van der Waals surface area contributed by atoms with Gasteiger partial charge in [0.15, 0.2) is 0 Å². The molecule has 3 nitrogen and oxygen atoms in total. The molecule has 1 aromatic heterocycles. The molecule has 0 unspecified atom stereocenters. The summed E-state index contributed by atoms with van der Waals surface area (Å²) in [5, 5.41) is 0. The third kappa shape index (κ3) is 2.53. The summed E-state index contributed by atoms with van der Waals surface area (Å²) in [5.74, 6) is -0.472. The second-order valence-corrected chi connectivity index (χ2v) is 6.03. The van der Waals surface area contributed by atoms with E-state index in [2.05, 4.69) is 20.9 Å². The van der Waals surface area contributed by atoms with E-state index >= 15 is 0 Å². The van der Waals surface area contributed by atoms with Crippen LogP contribution in [-0.4, -0.2) is 13.4 Å². The van der Waals surface area contributed by atoms with E-state index in [9.17, 15) is 12.8 Å². The van der Waals surface area contributed by atoms with Gasteiger partial charge >= 0.3 is 0 Å². The van der Waals surface area contributed by atoms with Gasteiger partial charge in [0.25, 0.3) is 0 Å². The molecule has 1 heterocycles. The first-order valence-corrected chi connectivity index (χ1v) is 6.90. The van der Waals surface area contributed by atoms with E-state index in [0.717, 1.165) is 12.1 Å². The lowest BCUT2D eigenvalue weighted by Gasteiger charge is -2.04. The summed E-state index contributed by atoms with van der Waals surface area (Å²) >= 11 is 3.10. The molecule has 0 spiro atoms. The van der Waals surface area contributed by atoms with Crippen molar-refractivity contribution in [3.8, 4) is 0 Å². The standard InChI is InChI=1S/C11H7BrFNO2S/c12-11-7-10(5-6-14-11)17(15,16)9-3-1-8(13)2-4-9/h1-7H. The normalized spacial score (nSPS) is 11.4. The fraction of sp³-hybridized carbons (Fsp3) is 0. The van der Waals surface area contributed by atoms with Crippen LogP contribution in [0.15, 0.2) is 57.0 Å². The summed E-state index contributed by atoms with van der Waals surface area (Å²) in [6.45, 7) is 0. The van der Waals surface area contributed by atoms with Crippen molar-refractivity contribution in [3.63, 3.8) is 0 Å². The summed E-state index contributed by atoms with van der Waals surface area (Å²) in [6.07, 6.45) is 1.39. The fourth-order valence-corrected chi connectivity index (χ4v) is 3.09. The first kappa shape index (κ1) is 12.2. The molecule has 17 heavy (non-hydrogen) atoms. The molecule has 0 saturated heterocycles. The highest BCUT2D eigenvalue weighted by Crippen LogP contribution is 2.22. The Kier molecular flexibility index (Phi) is 3.26. The van der Waals surface area contributed by atoms with E-state index in [1.54, 1.807) is 0 Å². The summed E-state index contributed by atoms with van der Waals surface area (Å²) in [6, 6.07) is 7.49. The van der Waals surface area contributed by atoms with Crippen LogP contribution in [0.3, 0.4) is 0 Å². The smallest absolute Gasteiger partial charge is 0.206 e.